The van der Waals surface area contributed by atoms with Gasteiger partial charge in [0.2, 0.25) is 11.9 Å². The molecular weight excluding hydrogens is 347 g/mol. The van der Waals surface area contributed by atoms with E-state index in [0.29, 0.717) is 18.8 Å². The van der Waals surface area contributed by atoms with Crippen LogP contribution in [0.2, 0.25) is 0 Å². The lowest BCUT2D eigenvalue weighted by molar-refractivity contribution is -0.123. The van der Waals surface area contributed by atoms with Crippen molar-refractivity contribution in [2.75, 3.05) is 11.4 Å². The zero-order valence-electron chi connectivity index (χ0n) is 14.9. The summed E-state index contributed by atoms with van der Waals surface area (Å²) in [5, 5.41) is 15.1. The van der Waals surface area contributed by atoms with Crippen LogP contribution in [0.15, 0.2) is 36.8 Å². The lowest BCUT2D eigenvalue weighted by Gasteiger charge is -2.30. The monoisotopic (exact) mass is 366 g/mol. The predicted molar refractivity (Wildman–Crippen MR) is 97.3 cm³/mol. The maximum Gasteiger partial charge on any atom is 0.231 e. The number of carbonyl (C=O) groups is 1. The fraction of sp³-hybridized carbons (Fsp3) is 0.316. The van der Waals surface area contributed by atoms with Gasteiger partial charge in [-0.15, -0.1) is 0 Å². The number of nitrogens with one attached hydrogen (secondary N) is 1. The Morgan fingerprint density at radius 1 is 1.26 bits per heavy atom. The molecule has 4 rings (SSSR count). The minimum Gasteiger partial charge on any atom is -0.295 e. The van der Waals surface area contributed by atoms with Gasteiger partial charge in [0.1, 0.15) is 0 Å². The first-order valence-corrected chi connectivity index (χ1v) is 8.86. The highest BCUT2D eigenvalue weighted by molar-refractivity contribution is 5.95. The number of halogens is 1. The molecule has 1 fully saturated rings. The highest BCUT2D eigenvalue weighted by atomic mass is 19.1. The van der Waals surface area contributed by atoms with Crippen LogP contribution in [0.3, 0.4) is 0 Å². The fourth-order valence-corrected chi connectivity index (χ4v) is 3.43. The third-order valence-electron chi connectivity index (χ3n) is 4.88. The molecule has 4 heterocycles. The van der Waals surface area contributed by atoms with E-state index in [1.54, 1.807) is 23.4 Å². The summed E-state index contributed by atoms with van der Waals surface area (Å²) >= 11 is 0. The second-order valence-corrected chi connectivity index (χ2v) is 6.75. The number of anilines is 1. The second kappa shape index (κ2) is 7.22. The molecular formula is C19H19FN6O. The predicted octanol–water partition coefficient (Wildman–Crippen LogP) is 2.69. The van der Waals surface area contributed by atoms with Crippen molar-refractivity contribution < 1.29 is 9.18 Å². The van der Waals surface area contributed by atoms with Gasteiger partial charge < -0.3 is 0 Å². The van der Waals surface area contributed by atoms with Crippen molar-refractivity contribution >= 4 is 11.7 Å². The van der Waals surface area contributed by atoms with Crippen LogP contribution in [0.5, 0.6) is 0 Å². The van der Waals surface area contributed by atoms with E-state index in [-0.39, 0.29) is 11.8 Å². The van der Waals surface area contributed by atoms with Crippen LogP contribution in [0.25, 0.3) is 11.3 Å². The minimum atomic E-state index is -0.514. The molecule has 1 saturated heterocycles. The van der Waals surface area contributed by atoms with Crippen LogP contribution in [0.1, 0.15) is 24.0 Å². The summed E-state index contributed by atoms with van der Waals surface area (Å²) < 4.78 is 13.0. The molecule has 1 aliphatic heterocycles. The quantitative estimate of drug-likeness (QED) is 0.717. The smallest absolute Gasteiger partial charge is 0.231 e. The van der Waals surface area contributed by atoms with Gasteiger partial charge in [-0.2, -0.15) is 19.7 Å². The highest BCUT2D eigenvalue weighted by Crippen LogP contribution is 2.29. The van der Waals surface area contributed by atoms with Crippen molar-refractivity contribution in [1.29, 1.82) is 0 Å². The Labute approximate surface area is 155 Å². The minimum absolute atomic E-state index is 0.0354. The van der Waals surface area contributed by atoms with Crippen LogP contribution in [-0.4, -0.2) is 37.8 Å². The maximum absolute atomic E-state index is 13.0. The molecule has 1 amide bonds. The lowest BCUT2D eigenvalue weighted by atomic mass is 9.91. The first-order valence-electron chi connectivity index (χ1n) is 8.86. The zero-order chi connectivity index (χ0) is 18.8. The van der Waals surface area contributed by atoms with Gasteiger partial charge in [-0.1, -0.05) is 6.07 Å². The van der Waals surface area contributed by atoms with Crippen molar-refractivity contribution in [3.63, 3.8) is 0 Å². The molecule has 1 atom stereocenters. The molecule has 27 heavy (non-hydrogen) atoms. The summed E-state index contributed by atoms with van der Waals surface area (Å²) in [6.07, 6.45) is 7.10. The third-order valence-corrected chi connectivity index (χ3v) is 4.88. The van der Waals surface area contributed by atoms with E-state index >= 15 is 0 Å². The lowest BCUT2D eigenvalue weighted by Crippen LogP contribution is -2.42. The van der Waals surface area contributed by atoms with Gasteiger partial charge in [-0.3, -0.25) is 14.8 Å². The molecule has 0 aliphatic carbocycles. The van der Waals surface area contributed by atoms with Crippen molar-refractivity contribution in [1.82, 2.24) is 25.4 Å². The average molecular weight is 366 g/mol. The Morgan fingerprint density at radius 3 is 2.89 bits per heavy atom. The van der Waals surface area contributed by atoms with E-state index in [1.165, 1.54) is 12.3 Å². The van der Waals surface area contributed by atoms with Crippen LogP contribution >= 0.6 is 0 Å². The van der Waals surface area contributed by atoms with Gasteiger partial charge in [-0.05, 0) is 43.4 Å². The average Bonchev–Trinajstić information content (AvgIpc) is 3.15. The van der Waals surface area contributed by atoms with E-state index in [0.717, 1.165) is 35.2 Å². The first kappa shape index (κ1) is 17.3. The SMILES string of the molecule is Cc1cnncc1-c1cc(N2CCCC(Cc3ccc(F)nc3)C2=O)n[nH]1. The molecule has 0 radical (unpaired) electrons. The van der Waals surface area contributed by atoms with E-state index in [1.807, 2.05) is 13.0 Å². The number of rotatable bonds is 4. The molecule has 3 aromatic rings. The molecule has 0 bridgehead atoms. The van der Waals surface area contributed by atoms with Crippen molar-refractivity contribution in [2.45, 2.75) is 26.2 Å². The number of aryl methyl sites for hydroxylation is 1. The van der Waals surface area contributed by atoms with Gasteiger partial charge >= 0.3 is 0 Å². The summed E-state index contributed by atoms with van der Waals surface area (Å²) in [6.45, 7) is 2.58. The summed E-state index contributed by atoms with van der Waals surface area (Å²) in [7, 11) is 0. The van der Waals surface area contributed by atoms with Gasteiger partial charge in [0.05, 0.1) is 18.1 Å². The van der Waals surface area contributed by atoms with Crippen molar-refractivity contribution in [3.05, 3.63) is 53.9 Å². The number of hydrogen-bond donors (Lipinski definition) is 1. The molecule has 1 N–H and O–H groups in total. The zero-order valence-corrected chi connectivity index (χ0v) is 14.9. The summed E-state index contributed by atoms with van der Waals surface area (Å²) in [4.78, 5) is 18.4. The number of H-pyrrole nitrogens is 1. The maximum atomic E-state index is 13.0. The summed E-state index contributed by atoms with van der Waals surface area (Å²) in [6, 6.07) is 4.87. The number of aromatic amines is 1. The Kier molecular flexibility index (Phi) is 4.62. The molecule has 0 spiro atoms. The van der Waals surface area contributed by atoms with E-state index < -0.39 is 5.95 Å². The van der Waals surface area contributed by atoms with Gasteiger partial charge in [0.15, 0.2) is 5.82 Å². The summed E-state index contributed by atoms with van der Waals surface area (Å²) in [5.74, 6) is -0.0304. The fourth-order valence-electron chi connectivity index (χ4n) is 3.43. The highest BCUT2D eigenvalue weighted by Gasteiger charge is 2.31. The number of hydrogen-bond acceptors (Lipinski definition) is 5. The normalized spacial score (nSPS) is 17.3. The van der Waals surface area contributed by atoms with Crippen LogP contribution in [0, 0.1) is 18.8 Å². The Bertz CT molecular complexity index is 955. The van der Waals surface area contributed by atoms with Gasteiger partial charge in [-0.25, -0.2) is 4.98 Å². The van der Waals surface area contributed by atoms with Gasteiger partial charge in [0.25, 0.3) is 0 Å². The topological polar surface area (TPSA) is 87.7 Å². The Balaban J connectivity index is 1.53. The molecule has 0 aromatic carbocycles. The van der Waals surface area contributed by atoms with Crippen LogP contribution in [0.4, 0.5) is 10.2 Å². The Hall–Kier alpha value is -3.16. The Morgan fingerprint density at radius 2 is 2.11 bits per heavy atom. The molecule has 8 heteroatoms. The standard InChI is InChI=1S/C19H19FN6O/c1-12-9-22-23-11-15(12)16-8-18(25-24-16)26-6-2-3-14(19(26)27)7-13-4-5-17(20)21-10-13/h4-5,8-11,14H,2-3,6-7H2,1H3,(H,24,25). The number of amides is 1. The second-order valence-electron chi connectivity index (χ2n) is 6.75. The number of pyridine rings is 1. The molecule has 1 aliphatic rings. The third kappa shape index (κ3) is 3.55. The number of nitrogens with zero attached hydrogens (tertiary/aromatic N) is 5. The molecule has 0 saturated carbocycles. The van der Waals surface area contributed by atoms with E-state index in [9.17, 15) is 9.18 Å². The van der Waals surface area contributed by atoms with Crippen molar-refractivity contribution in [2.24, 2.45) is 5.92 Å². The molecule has 7 nitrogen and oxygen atoms in total. The number of aromatic nitrogens is 5. The number of carbonyl (C=O) groups excluding carboxylic acids is 1. The van der Waals surface area contributed by atoms with E-state index in [4.69, 9.17) is 0 Å². The van der Waals surface area contributed by atoms with E-state index in [2.05, 4.69) is 25.4 Å². The number of piperidine rings is 1. The molecule has 1 unspecified atom stereocenters. The molecule has 138 valence electrons. The molecule has 3 aromatic heterocycles. The largest absolute Gasteiger partial charge is 0.295 e. The van der Waals surface area contributed by atoms with Crippen LogP contribution < -0.4 is 4.90 Å². The van der Waals surface area contributed by atoms with Crippen molar-refractivity contribution in [3.8, 4) is 11.3 Å². The van der Waals surface area contributed by atoms with Gasteiger partial charge in [0, 0.05) is 30.3 Å². The first-order chi connectivity index (χ1) is 13.1. The summed E-state index contributed by atoms with van der Waals surface area (Å²) in [5.41, 5.74) is 3.54. The van der Waals surface area contributed by atoms with Crippen LogP contribution in [-0.2, 0) is 11.2 Å².